The molecule has 0 saturated carbocycles. The van der Waals surface area contributed by atoms with Crippen LogP contribution in [0.15, 0.2) is 73.3 Å². The normalized spacial score (nSPS) is 10.7. The summed E-state index contributed by atoms with van der Waals surface area (Å²) in [5, 5.41) is 0. The third-order valence-electron chi connectivity index (χ3n) is 5.63. The maximum absolute atomic E-state index is 12.7. The highest BCUT2D eigenvalue weighted by Gasteiger charge is 2.13. The molecule has 0 aromatic heterocycles. The van der Waals surface area contributed by atoms with Crippen LogP contribution < -0.4 is 14.2 Å². The Kier molecular flexibility index (Phi) is 14.8. The minimum Gasteiger partial charge on any atom is -0.494 e. The molecule has 0 aliphatic heterocycles. The van der Waals surface area contributed by atoms with Gasteiger partial charge in [0.15, 0.2) is 11.5 Å². The zero-order valence-electron chi connectivity index (χ0n) is 23.1. The molecule has 0 radical (unpaired) electrons. The third-order valence-corrected chi connectivity index (χ3v) is 5.63. The number of hydrogen-bond donors (Lipinski definition) is 0. The number of benzene rings is 2. The molecule has 7 heteroatoms. The predicted octanol–water partition coefficient (Wildman–Crippen LogP) is 6.97. The van der Waals surface area contributed by atoms with Crippen molar-refractivity contribution >= 4 is 18.0 Å². The van der Waals surface area contributed by atoms with Gasteiger partial charge in [-0.05, 0) is 61.7 Å². The number of esters is 2. The lowest BCUT2D eigenvalue weighted by atomic mass is 10.1. The van der Waals surface area contributed by atoms with Gasteiger partial charge >= 0.3 is 11.9 Å². The van der Waals surface area contributed by atoms with Gasteiger partial charge < -0.3 is 23.7 Å². The number of hydrogen-bond acceptors (Lipinski definition) is 7. The lowest BCUT2D eigenvalue weighted by molar-refractivity contribution is -0.139. The van der Waals surface area contributed by atoms with E-state index in [0.29, 0.717) is 54.8 Å². The van der Waals surface area contributed by atoms with Crippen LogP contribution in [0.1, 0.15) is 61.4 Å². The molecule has 0 aliphatic rings. The summed E-state index contributed by atoms with van der Waals surface area (Å²) in [6.45, 7) is 10.9. The van der Waals surface area contributed by atoms with Crippen LogP contribution in [0.4, 0.5) is 0 Å². The molecule has 0 N–H and O–H groups in total. The second-order valence-electron chi connectivity index (χ2n) is 8.94. The van der Waals surface area contributed by atoms with Gasteiger partial charge in [0.05, 0.1) is 39.1 Å². The summed E-state index contributed by atoms with van der Waals surface area (Å²) in [7, 11) is 1.53. The van der Waals surface area contributed by atoms with Crippen LogP contribution in [0.25, 0.3) is 6.08 Å². The lowest BCUT2D eigenvalue weighted by Crippen LogP contribution is -2.09. The molecule has 39 heavy (non-hydrogen) atoms. The van der Waals surface area contributed by atoms with Crippen LogP contribution in [-0.4, -0.2) is 45.5 Å². The molecule has 210 valence electrons. The largest absolute Gasteiger partial charge is 0.494 e. The molecule has 0 fully saturated rings. The minimum atomic E-state index is -0.477. The first kappa shape index (κ1) is 31.4. The summed E-state index contributed by atoms with van der Waals surface area (Å²) in [5.74, 6) is 0.712. The van der Waals surface area contributed by atoms with Crippen molar-refractivity contribution in [2.75, 3.05) is 33.5 Å². The summed E-state index contributed by atoms with van der Waals surface area (Å²) < 4.78 is 27.2. The highest BCUT2D eigenvalue weighted by Crippen LogP contribution is 2.29. The highest BCUT2D eigenvalue weighted by atomic mass is 16.6. The number of carbonyl (C=O) groups excluding carboxylic acids is 2. The van der Waals surface area contributed by atoms with Gasteiger partial charge in [-0.1, -0.05) is 56.6 Å². The van der Waals surface area contributed by atoms with E-state index in [4.69, 9.17) is 23.7 Å². The lowest BCUT2D eigenvalue weighted by Gasteiger charge is -2.11. The predicted molar refractivity (Wildman–Crippen MR) is 153 cm³/mol. The van der Waals surface area contributed by atoms with Crippen molar-refractivity contribution in [1.29, 1.82) is 0 Å². The van der Waals surface area contributed by atoms with Crippen LogP contribution >= 0.6 is 0 Å². The molecule has 7 nitrogen and oxygen atoms in total. The maximum Gasteiger partial charge on any atom is 0.343 e. The van der Waals surface area contributed by atoms with Crippen molar-refractivity contribution in [3.05, 3.63) is 84.5 Å². The van der Waals surface area contributed by atoms with E-state index in [2.05, 4.69) is 13.2 Å². The van der Waals surface area contributed by atoms with Gasteiger partial charge in [-0.3, -0.25) is 0 Å². The van der Waals surface area contributed by atoms with Crippen LogP contribution in [0.3, 0.4) is 0 Å². The standard InChI is InChI=1S/C32H40O7/c1-5-20-36-21-12-13-26-14-19-29(30(24-26)35-4)39-32(34)27-15-17-28(18-16-27)37-22-10-8-6-7-9-11-23-38-31(33)25(2)3/h5,12-19,24H,1-2,6-11,20-23H2,3-4H3/b13-12+. The second-order valence-corrected chi connectivity index (χ2v) is 8.94. The van der Waals surface area contributed by atoms with Crippen molar-refractivity contribution in [3.8, 4) is 17.2 Å². The average molecular weight is 537 g/mol. The molecule has 2 aromatic carbocycles. The summed E-state index contributed by atoms with van der Waals surface area (Å²) in [6, 6.07) is 12.2. The van der Waals surface area contributed by atoms with Gasteiger partial charge in [0.2, 0.25) is 0 Å². The van der Waals surface area contributed by atoms with Crippen molar-refractivity contribution in [1.82, 2.24) is 0 Å². The molecule has 0 saturated heterocycles. The topological polar surface area (TPSA) is 80.3 Å². The first-order chi connectivity index (χ1) is 18.9. The van der Waals surface area contributed by atoms with E-state index >= 15 is 0 Å². The smallest absolute Gasteiger partial charge is 0.343 e. The van der Waals surface area contributed by atoms with Crippen molar-refractivity contribution in [3.63, 3.8) is 0 Å². The van der Waals surface area contributed by atoms with Crippen molar-refractivity contribution in [2.45, 2.75) is 45.4 Å². The van der Waals surface area contributed by atoms with Gasteiger partial charge in [0.1, 0.15) is 5.75 Å². The van der Waals surface area contributed by atoms with Gasteiger partial charge in [0.25, 0.3) is 0 Å². The molecule has 0 bridgehead atoms. The van der Waals surface area contributed by atoms with E-state index < -0.39 is 5.97 Å². The Morgan fingerprint density at radius 2 is 1.56 bits per heavy atom. The second kappa shape index (κ2) is 18.4. The number of ether oxygens (including phenoxy) is 5. The SMILES string of the molecule is C=CCOC/C=C/c1ccc(OC(=O)c2ccc(OCCCCCCCCOC(=O)C(=C)C)cc2)c(OC)c1. The Hall–Kier alpha value is -3.84. The van der Waals surface area contributed by atoms with E-state index in [1.807, 2.05) is 18.2 Å². The van der Waals surface area contributed by atoms with Gasteiger partial charge in [-0.15, -0.1) is 6.58 Å². The van der Waals surface area contributed by atoms with E-state index in [-0.39, 0.29) is 5.97 Å². The Morgan fingerprint density at radius 3 is 2.23 bits per heavy atom. The highest BCUT2D eigenvalue weighted by molar-refractivity contribution is 5.91. The number of unbranched alkanes of at least 4 members (excludes halogenated alkanes) is 5. The first-order valence-electron chi connectivity index (χ1n) is 13.3. The third kappa shape index (κ3) is 12.5. The molecule has 2 aromatic rings. The van der Waals surface area contributed by atoms with Crippen LogP contribution in [0.5, 0.6) is 17.2 Å². The maximum atomic E-state index is 12.7. The fourth-order valence-corrected chi connectivity index (χ4v) is 3.51. The van der Waals surface area contributed by atoms with Crippen molar-refractivity contribution in [2.24, 2.45) is 0 Å². The molecule has 0 heterocycles. The molecule has 0 aliphatic carbocycles. The summed E-state index contributed by atoms with van der Waals surface area (Å²) in [6.07, 6.45) is 11.6. The van der Waals surface area contributed by atoms with E-state index in [1.54, 1.807) is 49.4 Å². The van der Waals surface area contributed by atoms with Crippen LogP contribution in [0, 0.1) is 0 Å². The molecular weight excluding hydrogens is 496 g/mol. The van der Waals surface area contributed by atoms with Crippen LogP contribution in [-0.2, 0) is 14.3 Å². The summed E-state index contributed by atoms with van der Waals surface area (Å²) >= 11 is 0. The monoisotopic (exact) mass is 536 g/mol. The number of rotatable bonds is 19. The quantitative estimate of drug-likeness (QED) is 0.0631. The summed E-state index contributed by atoms with van der Waals surface area (Å²) in [5.41, 5.74) is 1.75. The Morgan fingerprint density at radius 1 is 0.872 bits per heavy atom. The summed E-state index contributed by atoms with van der Waals surface area (Å²) in [4.78, 5) is 24.0. The van der Waals surface area contributed by atoms with E-state index in [9.17, 15) is 9.59 Å². The zero-order chi connectivity index (χ0) is 28.3. The Bertz CT molecular complexity index is 1090. The van der Waals surface area contributed by atoms with E-state index in [1.165, 1.54) is 7.11 Å². The van der Waals surface area contributed by atoms with Crippen LogP contribution in [0.2, 0.25) is 0 Å². The Balaban J connectivity index is 1.69. The molecule has 0 unspecified atom stereocenters. The molecule has 0 atom stereocenters. The average Bonchev–Trinajstić information content (AvgIpc) is 2.94. The number of methoxy groups -OCH3 is 1. The zero-order valence-corrected chi connectivity index (χ0v) is 23.1. The van der Waals surface area contributed by atoms with Gasteiger partial charge in [-0.25, -0.2) is 9.59 Å². The molecular formula is C32H40O7. The van der Waals surface area contributed by atoms with Crippen molar-refractivity contribution < 1.29 is 33.3 Å². The van der Waals surface area contributed by atoms with Gasteiger partial charge in [0, 0.05) is 5.57 Å². The molecule has 0 spiro atoms. The first-order valence-corrected chi connectivity index (χ1v) is 13.3. The fourth-order valence-electron chi connectivity index (χ4n) is 3.51. The fraction of sp³-hybridized carbons (Fsp3) is 0.375. The van der Waals surface area contributed by atoms with E-state index in [0.717, 1.165) is 44.1 Å². The number of carbonyl (C=O) groups is 2. The molecule has 2 rings (SSSR count). The molecule has 0 amide bonds. The van der Waals surface area contributed by atoms with Gasteiger partial charge in [-0.2, -0.15) is 0 Å². The Labute approximate surface area is 232 Å². The minimum absolute atomic E-state index is 0.321.